The van der Waals surface area contributed by atoms with Gasteiger partial charge in [-0.15, -0.1) is 0 Å². The molecular formula is C8H17NO4. The molecule has 0 aromatic rings. The van der Waals surface area contributed by atoms with Crippen LogP contribution in [-0.2, 0) is 4.79 Å². The number of rotatable bonds is 6. The van der Waals surface area contributed by atoms with Crippen LogP contribution in [0.1, 0.15) is 13.3 Å². The van der Waals surface area contributed by atoms with E-state index >= 15 is 0 Å². The minimum Gasteiger partial charge on any atom is -0.480 e. The number of carbonyl (C=O) groups is 1. The molecule has 78 valence electrons. The smallest absolute Gasteiger partial charge is 0.323 e. The molecule has 13 heavy (non-hydrogen) atoms. The maximum atomic E-state index is 10.6. The molecule has 3 atom stereocenters. The highest BCUT2D eigenvalue weighted by molar-refractivity contribution is 5.74. The summed E-state index contributed by atoms with van der Waals surface area (Å²) < 4.78 is 0. The maximum absolute atomic E-state index is 10.6. The summed E-state index contributed by atoms with van der Waals surface area (Å²) in [4.78, 5) is 10.6. The van der Waals surface area contributed by atoms with Gasteiger partial charge in [0, 0.05) is 6.61 Å². The summed E-state index contributed by atoms with van der Waals surface area (Å²) in [6.07, 6.45) is -0.582. The Morgan fingerprint density at radius 1 is 1.54 bits per heavy atom. The molecule has 0 aliphatic rings. The van der Waals surface area contributed by atoms with Crippen LogP contribution in [-0.4, -0.2) is 47.1 Å². The number of aliphatic hydroxyl groups is 2. The molecule has 0 saturated carbocycles. The summed E-state index contributed by atoms with van der Waals surface area (Å²) in [6, 6.07) is -0.971. The Morgan fingerprint density at radius 3 is 2.38 bits per heavy atom. The van der Waals surface area contributed by atoms with Gasteiger partial charge in [0.2, 0.25) is 0 Å². The molecular weight excluding hydrogens is 174 g/mol. The lowest BCUT2D eigenvalue weighted by molar-refractivity contribution is -0.143. The first kappa shape index (κ1) is 12.3. The van der Waals surface area contributed by atoms with Crippen molar-refractivity contribution in [1.29, 1.82) is 0 Å². The summed E-state index contributed by atoms with van der Waals surface area (Å²) in [6.45, 7) is 1.66. The molecule has 0 aromatic carbocycles. The molecule has 0 heterocycles. The lowest BCUT2D eigenvalue weighted by Gasteiger charge is -2.23. The SMILES string of the molecule is CN[C@H](C(=O)O)[C@H](O)[C@H](C)CCO. The van der Waals surface area contributed by atoms with Gasteiger partial charge in [-0.05, 0) is 19.4 Å². The molecule has 0 unspecified atom stereocenters. The highest BCUT2D eigenvalue weighted by Crippen LogP contribution is 2.11. The molecule has 0 radical (unpaired) electrons. The molecule has 5 nitrogen and oxygen atoms in total. The van der Waals surface area contributed by atoms with Crippen molar-refractivity contribution in [3.63, 3.8) is 0 Å². The number of aliphatic carboxylic acids is 1. The van der Waals surface area contributed by atoms with Crippen molar-refractivity contribution in [2.24, 2.45) is 5.92 Å². The van der Waals surface area contributed by atoms with Crippen molar-refractivity contribution < 1.29 is 20.1 Å². The number of likely N-dealkylation sites (N-methyl/N-ethyl adjacent to an activating group) is 1. The molecule has 0 rings (SSSR count). The van der Waals surface area contributed by atoms with Crippen LogP contribution in [0.3, 0.4) is 0 Å². The van der Waals surface area contributed by atoms with Crippen LogP contribution in [0.25, 0.3) is 0 Å². The largest absolute Gasteiger partial charge is 0.480 e. The predicted octanol–water partition coefficient (Wildman–Crippen LogP) is -0.962. The zero-order chi connectivity index (χ0) is 10.4. The first-order valence-corrected chi connectivity index (χ1v) is 4.23. The van der Waals surface area contributed by atoms with Crippen molar-refractivity contribution in [2.75, 3.05) is 13.7 Å². The standard InChI is InChI=1S/C8H17NO4/c1-5(3-4-10)7(11)6(9-2)8(12)13/h5-7,9-11H,3-4H2,1-2H3,(H,12,13)/t5-,6+,7-/m1/s1. The van der Waals surface area contributed by atoms with E-state index in [4.69, 9.17) is 10.2 Å². The fraction of sp³-hybridized carbons (Fsp3) is 0.875. The molecule has 5 heteroatoms. The molecule has 0 amide bonds. The Hall–Kier alpha value is -0.650. The average Bonchev–Trinajstić information content (AvgIpc) is 2.05. The number of nitrogens with one attached hydrogen (secondary N) is 1. The van der Waals surface area contributed by atoms with E-state index in [0.717, 1.165) is 0 Å². The predicted molar refractivity (Wildman–Crippen MR) is 47.4 cm³/mol. The summed E-state index contributed by atoms with van der Waals surface area (Å²) in [5, 5.41) is 29.3. The van der Waals surface area contributed by atoms with Gasteiger partial charge >= 0.3 is 5.97 Å². The van der Waals surface area contributed by atoms with Crippen molar-refractivity contribution in [3.05, 3.63) is 0 Å². The molecule has 0 saturated heterocycles. The highest BCUT2D eigenvalue weighted by atomic mass is 16.4. The van der Waals surface area contributed by atoms with E-state index in [9.17, 15) is 9.90 Å². The lowest BCUT2D eigenvalue weighted by Crippen LogP contribution is -2.47. The minimum atomic E-state index is -1.08. The fourth-order valence-electron chi connectivity index (χ4n) is 1.14. The van der Waals surface area contributed by atoms with E-state index in [2.05, 4.69) is 5.32 Å². The second kappa shape index (κ2) is 5.90. The van der Waals surface area contributed by atoms with Gasteiger partial charge in [-0.1, -0.05) is 6.92 Å². The number of carboxylic acid groups (broad SMARTS) is 1. The Labute approximate surface area is 77.4 Å². The summed E-state index contributed by atoms with van der Waals surface area (Å²) in [5.74, 6) is -1.32. The van der Waals surface area contributed by atoms with E-state index in [1.54, 1.807) is 6.92 Å². The average molecular weight is 191 g/mol. The van der Waals surface area contributed by atoms with Crippen molar-refractivity contribution in [3.8, 4) is 0 Å². The van der Waals surface area contributed by atoms with Crippen LogP contribution in [0, 0.1) is 5.92 Å². The third-order valence-electron chi connectivity index (χ3n) is 2.09. The van der Waals surface area contributed by atoms with Gasteiger partial charge in [0.25, 0.3) is 0 Å². The third kappa shape index (κ3) is 3.71. The Balaban J connectivity index is 4.18. The van der Waals surface area contributed by atoms with Crippen LogP contribution in [0.15, 0.2) is 0 Å². The van der Waals surface area contributed by atoms with Gasteiger partial charge in [0.05, 0.1) is 6.10 Å². The highest BCUT2D eigenvalue weighted by Gasteiger charge is 2.28. The van der Waals surface area contributed by atoms with Crippen LogP contribution >= 0.6 is 0 Å². The van der Waals surface area contributed by atoms with Gasteiger partial charge in [-0.25, -0.2) is 0 Å². The van der Waals surface area contributed by atoms with Crippen molar-refractivity contribution in [2.45, 2.75) is 25.5 Å². The van der Waals surface area contributed by atoms with Crippen LogP contribution < -0.4 is 5.32 Å². The molecule has 0 spiro atoms. The van der Waals surface area contributed by atoms with Gasteiger partial charge in [0.15, 0.2) is 0 Å². The van der Waals surface area contributed by atoms with Crippen molar-refractivity contribution >= 4 is 5.97 Å². The fourth-order valence-corrected chi connectivity index (χ4v) is 1.14. The number of carboxylic acids is 1. The quantitative estimate of drug-likeness (QED) is 0.434. The molecule has 4 N–H and O–H groups in total. The van der Waals surface area contributed by atoms with Crippen LogP contribution in [0.2, 0.25) is 0 Å². The monoisotopic (exact) mass is 191 g/mol. The Bertz CT molecular complexity index is 162. The van der Waals surface area contributed by atoms with Crippen molar-refractivity contribution in [1.82, 2.24) is 5.32 Å². The number of hydrogen-bond acceptors (Lipinski definition) is 4. The second-order valence-corrected chi connectivity index (χ2v) is 3.08. The van der Waals surface area contributed by atoms with E-state index in [-0.39, 0.29) is 12.5 Å². The van der Waals surface area contributed by atoms with Crippen LogP contribution in [0.4, 0.5) is 0 Å². The number of hydrogen-bond donors (Lipinski definition) is 4. The maximum Gasteiger partial charge on any atom is 0.323 e. The molecule has 0 aliphatic carbocycles. The number of aliphatic hydroxyl groups excluding tert-OH is 2. The topological polar surface area (TPSA) is 89.8 Å². The van der Waals surface area contributed by atoms with Crippen LogP contribution in [0.5, 0.6) is 0 Å². The third-order valence-corrected chi connectivity index (χ3v) is 2.09. The first-order chi connectivity index (χ1) is 6.04. The summed E-state index contributed by atoms with van der Waals surface area (Å²) in [7, 11) is 1.48. The van der Waals surface area contributed by atoms with Gasteiger partial charge in [-0.3, -0.25) is 4.79 Å². The zero-order valence-electron chi connectivity index (χ0n) is 7.90. The second-order valence-electron chi connectivity index (χ2n) is 3.08. The molecule has 0 aliphatic heterocycles. The molecule has 0 bridgehead atoms. The first-order valence-electron chi connectivity index (χ1n) is 4.23. The van der Waals surface area contributed by atoms with Gasteiger partial charge in [-0.2, -0.15) is 0 Å². The Kier molecular flexibility index (Phi) is 5.61. The molecule has 0 fully saturated rings. The normalized spacial score (nSPS) is 17.8. The summed E-state index contributed by atoms with van der Waals surface area (Å²) >= 11 is 0. The van der Waals surface area contributed by atoms with E-state index < -0.39 is 18.1 Å². The molecule has 0 aromatic heterocycles. The zero-order valence-corrected chi connectivity index (χ0v) is 7.90. The Morgan fingerprint density at radius 2 is 2.08 bits per heavy atom. The minimum absolute atomic E-state index is 0.0473. The van der Waals surface area contributed by atoms with Gasteiger partial charge < -0.3 is 20.6 Å². The van der Waals surface area contributed by atoms with E-state index in [1.807, 2.05) is 0 Å². The van der Waals surface area contributed by atoms with Gasteiger partial charge in [0.1, 0.15) is 6.04 Å². The lowest BCUT2D eigenvalue weighted by atomic mass is 9.95. The van der Waals surface area contributed by atoms with E-state index in [1.165, 1.54) is 7.05 Å². The van der Waals surface area contributed by atoms with E-state index in [0.29, 0.717) is 6.42 Å². The summed E-state index contributed by atoms with van der Waals surface area (Å²) in [5.41, 5.74) is 0.